The summed E-state index contributed by atoms with van der Waals surface area (Å²) >= 11 is 5.90. The molecule has 0 saturated heterocycles. The van der Waals surface area contributed by atoms with E-state index in [9.17, 15) is 14.7 Å². The SMILES string of the molecule is Cc1cc(C(C)Nc2ccc(Cl)nc2C(=O)O)c2nc(N3Cc4nccnc4C3)n(C)c(=O)c2c1. The molecule has 35 heavy (non-hydrogen) atoms. The first-order chi connectivity index (χ1) is 16.7. The largest absolute Gasteiger partial charge is 0.476 e. The van der Waals surface area contributed by atoms with Gasteiger partial charge in [0.2, 0.25) is 5.95 Å². The summed E-state index contributed by atoms with van der Waals surface area (Å²) in [5.41, 5.74) is 3.89. The number of carbonyl (C=O) groups is 1. The van der Waals surface area contributed by atoms with E-state index < -0.39 is 5.97 Å². The average molecular weight is 492 g/mol. The first-order valence-corrected chi connectivity index (χ1v) is 11.3. The highest BCUT2D eigenvalue weighted by atomic mass is 35.5. The number of aromatic nitrogens is 5. The van der Waals surface area contributed by atoms with Gasteiger partial charge in [-0.05, 0) is 37.6 Å². The molecule has 0 radical (unpaired) electrons. The van der Waals surface area contributed by atoms with Gasteiger partial charge in [0.05, 0.1) is 47.1 Å². The second-order valence-corrected chi connectivity index (χ2v) is 8.92. The molecule has 5 rings (SSSR count). The van der Waals surface area contributed by atoms with Crippen molar-refractivity contribution in [3.63, 3.8) is 0 Å². The fourth-order valence-electron chi connectivity index (χ4n) is 4.40. The van der Waals surface area contributed by atoms with Crippen molar-refractivity contribution in [3.05, 3.63) is 80.4 Å². The van der Waals surface area contributed by atoms with Crippen LogP contribution in [0.4, 0.5) is 11.6 Å². The van der Waals surface area contributed by atoms with Crippen molar-refractivity contribution in [2.75, 3.05) is 10.2 Å². The number of carboxylic acids is 1. The topological polar surface area (TPSA) is 126 Å². The maximum Gasteiger partial charge on any atom is 0.356 e. The molecule has 11 heteroatoms. The quantitative estimate of drug-likeness (QED) is 0.403. The number of carboxylic acid groups (broad SMARTS) is 1. The lowest BCUT2D eigenvalue weighted by Gasteiger charge is -2.22. The molecular formula is C24H22ClN7O3. The van der Waals surface area contributed by atoms with Gasteiger partial charge in [-0.2, -0.15) is 0 Å². The monoisotopic (exact) mass is 491 g/mol. The molecule has 1 aromatic carbocycles. The zero-order valence-electron chi connectivity index (χ0n) is 19.3. The Bertz CT molecular complexity index is 1530. The molecule has 0 amide bonds. The van der Waals surface area contributed by atoms with Crippen LogP contribution in [0.25, 0.3) is 10.9 Å². The van der Waals surface area contributed by atoms with Crippen molar-refractivity contribution >= 4 is 40.1 Å². The van der Waals surface area contributed by atoms with E-state index in [0.717, 1.165) is 22.5 Å². The predicted molar refractivity (Wildman–Crippen MR) is 132 cm³/mol. The molecule has 3 aromatic heterocycles. The first-order valence-electron chi connectivity index (χ1n) is 10.9. The van der Waals surface area contributed by atoms with Crippen LogP contribution in [0.15, 0.2) is 41.5 Å². The third-order valence-electron chi connectivity index (χ3n) is 6.06. The van der Waals surface area contributed by atoms with Crippen LogP contribution in [0.3, 0.4) is 0 Å². The Hall–Kier alpha value is -4.05. The van der Waals surface area contributed by atoms with E-state index in [2.05, 4.69) is 20.3 Å². The molecule has 0 fully saturated rings. The van der Waals surface area contributed by atoms with Crippen LogP contribution in [0.2, 0.25) is 5.15 Å². The van der Waals surface area contributed by atoms with Gasteiger partial charge in [-0.15, -0.1) is 0 Å². The highest BCUT2D eigenvalue weighted by Crippen LogP contribution is 2.30. The summed E-state index contributed by atoms with van der Waals surface area (Å²) in [5.74, 6) is -0.680. The number of anilines is 2. The van der Waals surface area contributed by atoms with Crippen LogP contribution in [0.5, 0.6) is 0 Å². The number of halogens is 1. The number of benzene rings is 1. The maximum absolute atomic E-state index is 13.4. The summed E-state index contributed by atoms with van der Waals surface area (Å²) < 4.78 is 1.54. The zero-order valence-corrected chi connectivity index (χ0v) is 20.0. The van der Waals surface area contributed by atoms with E-state index in [0.29, 0.717) is 35.6 Å². The fraction of sp³-hybridized carbons (Fsp3) is 0.250. The standard InChI is InChI=1S/C24H22ClN7O3/c1-12-8-14(13(2)28-16-4-5-19(25)29-21(16)23(34)35)20-15(9-12)22(33)31(3)24(30-20)32-10-17-18(11-32)27-7-6-26-17/h4-9,13,28H,10-11H2,1-3H3,(H,34,35). The number of aromatic carboxylic acids is 1. The van der Waals surface area contributed by atoms with E-state index in [-0.39, 0.29) is 22.4 Å². The molecule has 0 bridgehead atoms. The number of hydrogen-bond acceptors (Lipinski definition) is 8. The molecule has 0 saturated carbocycles. The number of fused-ring (bicyclic) bond motifs is 2. The summed E-state index contributed by atoms with van der Waals surface area (Å²) in [7, 11) is 1.70. The van der Waals surface area contributed by atoms with Crippen molar-refractivity contribution < 1.29 is 9.90 Å². The summed E-state index contributed by atoms with van der Waals surface area (Å²) in [6, 6.07) is 6.48. The molecule has 1 unspecified atom stereocenters. The molecule has 1 aliphatic rings. The van der Waals surface area contributed by atoms with Gasteiger partial charge in [0.1, 0.15) is 5.15 Å². The number of hydrogen-bond donors (Lipinski definition) is 2. The second-order valence-electron chi connectivity index (χ2n) is 8.53. The van der Waals surface area contributed by atoms with Crippen molar-refractivity contribution in [3.8, 4) is 0 Å². The second kappa shape index (κ2) is 8.62. The van der Waals surface area contributed by atoms with E-state index in [1.807, 2.05) is 30.9 Å². The van der Waals surface area contributed by atoms with Crippen molar-refractivity contribution in [1.82, 2.24) is 24.5 Å². The van der Waals surface area contributed by atoms with Gasteiger partial charge < -0.3 is 15.3 Å². The molecule has 4 heterocycles. The van der Waals surface area contributed by atoms with E-state index in [4.69, 9.17) is 16.6 Å². The van der Waals surface area contributed by atoms with Gasteiger partial charge >= 0.3 is 5.97 Å². The number of rotatable bonds is 5. The minimum Gasteiger partial charge on any atom is -0.476 e. The summed E-state index contributed by atoms with van der Waals surface area (Å²) in [4.78, 5) is 44.7. The minimum absolute atomic E-state index is 0.0898. The Balaban J connectivity index is 1.60. The van der Waals surface area contributed by atoms with Crippen LogP contribution in [0, 0.1) is 6.92 Å². The Morgan fingerprint density at radius 1 is 1.14 bits per heavy atom. The molecule has 1 atom stereocenters. The van der Waals surface area contributed by atoms with E-state index >= 15 is 0 Å². The van der Waals surface area contributed by atoms with Crippen LogP contribution >= 0.6 is 11.6 Å². The van der Waals surface area contributed by atoms with E-state index in [1.54, 1.807) is 30.1 Å². The van der Waals surface area contributed by atoms with Crippen molar-refractivity contribution in [2.45, 2.75) is 33.0 Å². The fourth-order valence-corrected chi connectivity index (χ4v) is 4.55. The Labute approximate surface area is 205 Å². The average Bonchev–Trinajstić information content (AvgIpc) is 3.26. The normalized spacial score (nSPS) is 13.7. The number of nitrogens with zero attached hydrogens (tertiary/aromatic N) is 6. The lowest BCUT2D eigenvalue weighted by molar-refractivity contribution is 0.0691. The highest BCUT2D eigenvalue weighted by molar-refractivity contribution is 6.29. The predicted octanol–water partition coefficient (Wildman–Crippen LogP) is 3.47. The van der Waals surface area contributed by atoms with Gasteiger partial charge in [0.15, 0.2) is 5.69 Å². The molecular weight excluding hydrogens is 470 g/mol. The third-order valence-corrected chi connectivity index (χ3v) is 6.27. The zero-order chi connectivity index (χ0) is 24.9. The summed E-state index contributed by atoms with van der Waals surface area (Å²) in [5, 5.41) is 13.3. The van der Waals surface area contributed by atoms with Gasteiger partial charge in [-0.1, -0.05) is 17.7 Å². The molecule has 1 aliphatic heterocycles. The van der Waals surface area contributed by atoms with E-state index in [1.165, 1.54) is 6.07 Å². The Morgan fingerprint density at radius 3 is 2.49 bits per heavy atom. The first kappa shape index (κ1) is 22.7. The molecule has 2 N–H and O–H groups in total. The smallest absolute Gasteiger partial charge is 0.356 e. The summed E-state index contributed by atoms with van der Waals surface area (Å²) in [6.07, 6.45) is 3.31. The van der Waals surface area contributed by atoms with Gasteiger partial charge in [0, 0.05) is 25.0 Å². The third kappa shape index (κ3) is 4.06. The van der Waals surface area contributed by atoms with Crippen LogP contribution in [-0.4, -0.2) is 35.6 Å². The Morgan fingerprint density at radius 2 is 1.83 bits per heavy atom. The number of aryl methyl sites for hydroxylation is 1. The van der Waals surface area contributed by atoms with Crippen LogP contribution in [-0.2, 0) is 20.1 Å². The Kier molecular flexibility index (Phi) is 5.60. The van der Waals surface area contributed by atoms with Crippen molar-refractivity contribution in [2.24, 2.45) is 7.05 Å². The number of nitrogens with one attached hydrogen (secondary N) is 1. The van der Waals surface area contributed by atoms with Gasteiger partial charge in [-0.25, -0.2) is 14.8 Å². The lowest BCUT2D eigenvalue weighted by atomic mass is 10.0. The van der Waals surface area contributed by atoms with Crippen LogP contribution in [0.1, 0.15) is 46.0 Å². The van der Waals surface area contributed by atoms with Gasteiger partial charge in [0.25, 0.3) is 5.56 Å². The lowest BCUT2D eigenvalue weighted by Crippen LogP contribution is -2.28. The minimum atomic E-state index is -1.19. The molecule has 178 valence electrons. The van der Waals surface area contributed by atoms with Crippen molar-refractivity contribution in [1.29, 1.82) is 0 Å². The van der Waals surface area contributed by atoms with Crippen LogP contribution < -0.4 is 15.8 Å². The molecule has 4 aromatic rings. The highest BCUT2D eigenvalue weighted by Gasteiger charge is 2.26. The molecule has 0 spiro atoms. The maximum atomic E-state index is 13.4. The molecule has 10 nitrogen and oxygen atoms in total. The number of pyridine rings is 1. The van der Waals surface area contributed by atoms with Gasteiger partial charge in [-0.3, -0.25) is 19.3 Å². The summed E-state index contributed by atoms with van der Waals surface area (Å²) in [6.45, 7) is 4.79. The molecule has 0 aliphatic carbocycles.